The summed E-state index contributed by atoms with van der Waals surface area (Å²) in [5, 5.41) is 8.55. The van der Waals surface area contributed by atoms with Gasteiger partial charge in [-0.2, -0.15) is 0 Å². The Balaban J connectivity index is 0.000000207. The summed E-state index contributed by atoms with van der Waals surface area (Å²) in [5.41, 5.74) is 0.805. The highest BCUT2D eigenvalue weighted by molar-refractivity contribution is 6.29. The molecule has 6 heterocycles. The van der Waals surface area contributed by atoms with Gasteiger partial charge in [0.1, 0.15) is 33.6 Å². The summed E-state index contributed by atoms with van der Waals surface area (Å²) < 4.78 is 83.8. The molecule has 4 aromatic heterocycles. The number of piperazine rings is 2. The second-order valence-corrected chi connectivity index (χ2v) is 16.5. The summed E-state index contributed by atoms with van der Waals surface area (Å²) in [4.78, 5) is 65.8. The Labute approximate surface area is 408 Å². The van der Waals surface area contributed by atoms with Crippen molar-refractivity contribution >= 4 is 40.6 Å². The molecule has 6 aromatic rings. The largest absolute Gasteiger partial charge is 0.573 e. The lowest BCUT2D eigenvalue weighted by molar-refractivity contribution is -0.275. The molecule has 0 bridgehead atoms. The van der Waals surface area contributed by atoms with Gasteiger partial charge in [-0.1, -0.05) is 11.6 Å². The molecule has 2 fully saturated rings. The van der Waals surface area contributed by atoms with E-state index in [0.29, 0.717) is 0 Å². The highest BCUT2D eigenvalue weighted by atomic mass is 35.5. The number of amides is 2. The predicted octanol–water partition coefficient (Wildman–Crippen LogP) is 6.81. The molecule has 3 N–H and O–H groups in total. The fourth-order valence-electron chi connectivity index (χ4n) is 7.02. The quantitative estimate of drug-likeness (QED) is 0.0918. The van der Waals surface area contributed by atoms with E-state index >= 15 is 0 Å². The summed E-state index contributed by atoms with van der Waals surface area (Å²) in [5.74, 6) is -1.35. The number of carbonyl (C=O) groups is 2. The molecule has 0 unspecified atom stereocenters. The van der Waals surface area contributed by atoms with Gasteiger partial charge in [0.2, 0.25) is 0 Å². The molecule has 8 rings (SSSR count). The molecule has 0 spiro atoms. The Morgan fingerprint density at radius 1 is 0.620 bits per heavy atom. The average molecular weight is 1010 g/mol. The highest BCUT2D eigenvalue weighted by Crippen LogP contribution is 2.26. The number of rotatable bonds is 11. The van der Waals surface area contributed by atoms with Gasteiger partial charge >= 0.3 is 12.7 Å². The third-order valence-corrected chi connectivity index (χ3v) is 10.9. The van der Waals surface area contributed by atoms with Crippen LogP contribution in [0.15, 0.2) is 131 Å². The van der Waals surface area contributed by atoms with Crippen molar-refractivity contribution in [2.24, 2.45) is 0 Å². The van der Waals surface area contributed by atoms with Gasteiger partial charge in [0.15, 0.2) is 0 Å². The van der Waals surface area contributed by atoms with Crippen LogP contribution in [-0.2, 0) is 13.1 Å². The van der Waals surface area contributed by atoms with Crippen LogP contribution in [0.25, 0.3) is 0 Å². The van der Waals surface area contributed by atoms with E-state index in [4.69, 9.17) is 11.6 Å². The Hall–Kier alpha value is -7.27. The first-order valence-electron chi connectivity index (χ1n) is 21.9. The molecule has 2 amide bonds. The topological polar surface area (TPSA) is 168 Å². The van der Waals surface area contributed by atoms with Crippen LogP contribution in [0.5, 0.6) is 11.5 Å². The molecule has 376 valence electrons. The zero-order valence-electron chi connectivity index (χ0n) is 38.3. The Bertz CT molecular complexity index is 2830. The molecule has 0 radical (unpaired) electrons. The minimum absolute atomic E-state index is 0.0866. The molecule has 23 heteroatoms. The van der Waals surface area contributed by atoms with Crippen molar-refractivity contribution < 1.29 is 45.4 Å². The van der Waals surface area contributed by atoms with Crippen molar-refractivity contribution in [3.63, 3.8) is 0 Å². The summed E-state index contributed by atoms with van der Waals surface area (Å²) in [6.07, 6.45) is -3.28. The highest BCUT2D eigenvalue weighted by Gasteiger charge is 2.32. The number of ether oxygens (including phenoxy) is 2. The summed E-state index contributed by atoms with van der Waals surface area (Å²) in [7, 11) is 4.23. The standard InChI is InChI=1S/C24H24F3N5O3.C19H13ClF3N3O3.C5H12N2/c1-30-11-13-31(14-12-30)21-15-17(8-9-28-21)16-32-10-2-3-20(23(32)34)22(33)29-18-4-6-19(7-5-18)35-24(25,26)27;20-16-10-12(7-8-24-16)11-26-9-1-2-15(18(26)28)17(27)25-13-3-5-14(6-4-13)29-19(21,22)23;1-7-4-2-6-3-5-7/h2-10,15H,11-14,16H2,1H3,(H,29,33);1-10H,11H2,(H,25,27);6H,2-5H2,1H3. The monoisotopic (exact) mass is 1010 g/mol. The van der Waals surface area contributed by atoms with Crippen molar-refractivity contribution in [1.29, 1.82) is 0 Å². The smallest absolute Gasteiger partial charge is 0.406 e. The lowest BCUT2D eigenvalue weighted by Gasteiger charge is -2.33. The molecule has 0 atom stereocenters. The van der Waals surface area contributed by atoms with E-state index in [2.05, 4.69) is 64.2 Å². The second kappa shape index (κ2) is 24.5. The second-order valence-electron chi connectivity index (χ2n) is 16.1. The number of hydrogen-bond acceptors (Lipinski definition) is 12. The first-order valence-corrected chi connectivity index (χ1v) is 22.3. The molecule has 0 aliphatic carbocycles. The van der Waals surface area contributed by atoms with Crippen LogP contribution >= 0.6 is 11.6 Å². The van der Waals surface area contributed by atoms with Gasteiger partial charge in [0.05, 0.1) is 13.1 Å². The summed E-state index contributed by atoms with van der Waals surface area (Å²) in [6, 6.07) is 22.2. The molecular weight excluding hydrogens is 962 g/mol. The van der Waals surface area contributed by atoms with Gasteiger partial charge in [-0.25, -0.2) is 9.97 Å². The van der Waals surface area contributed by atoms with Crippen molar-refractivity contribution in [3.8, 4) is 11.5 Å². The molecule has 2 aromatic carbocycles. The van der Waals surface area contributed by atoms with Gasteiger partial charge in [-0.15, -0.1) is 26.3 Å². The van der Waals surface area contributed by atoms with E-state index in [9.17, 15) is 45.5 Å². The van der Waals surface area contributed by atoms with Crippen LogP contribution in [-0.4, -0.2) is 120 Å². The Morgan fingerprint density at radius 3 is 1.48 bits per heavy atom. The Kier molecular flexibility index (Phi) is 18.3. The predicted molar refractivity (Wildman–Crippen MR) is 255 cm³/mol. The maximum atomic E-state index is 13.0. The first-order chi connectivity index (χ1) is 33.8. The van der Waals surface area contributed by atoms with Crippen molar-refractivity contribution in [3.05, 3.63) is 170 Å². The number of nitrogens with zero attached hydrogens (tertiary/aromatic N) is 7. The van der Waals surface area contributed by atoms with Crippen molar-refractivity contribution in [1.82, 2.24) is 34.2 Å². The van der Waals surface area contributed by atoms with E-state index < -0.39 is 47.2 Å². The number of benzene rings is 2. The number of aromatic nitrogens is 4. The van der Waals surface area contributed by atoms with Crippen molar-refractivity contribution in [2.75, 3.05) is 82.0 Å². The van der Waals surface area contributed by atoms with Crippen LogP contribution in [0.2, 0.25) is 5.15 Å². The van der Waals surface area contributed by atoms with Gasteiger partial charge in [0, 0.05) is 88.5 Å². The normalized spacial score (nSPS) is 14.2. The Morgan fingerprint density at radius 2 is 1.06 bits per heavy atom. The molecule has 2 saturated heterocycles. The zero-order valence-corrected chi connectivity index (χ0v) is 39.1. The lowest BCUT2D eigenvalue weighted by atomic mass is 10.2. The van der Waals surface area contributed by atoms with Crippen LogP contribution < -0.4 is 41.4 Å². The minimum Gasteiger partial charge on any atom is -0.406 e. The van der Waals surface area contributed by atoms with E-state index in [0.717, 1.165) is 80.5 Å². The van der Waals surface area contributed by atoms with Gasteiger partial charge in [-0.05, 0) is 122 Å². The van der Waals surface area contributed by atoms with Gasteiger partial charge in [0.25, 0.3) is 22.9 Å². The van der Waals surface area contributed by atoms with Crippen LogP contribution in [0.1, 0.15) is 31.8 Å². The van der Waals surface area contributed by atoms with Crippen LogP contribution in [0.3, 0.4) is 0 Å². The number of alkyl halides is 6. The van der Waals surface area contributed by atoms with E-state index in [1.807, 2.05) is 12.1 Å². The maximum absolute atomic E-state index is 13.0. The van der Waals surface area contributed by atoms with Crippen LogP contribution in [0, 0.1) is 0 Å². The SMILES string of the molecule is CN1CCN(c2cc(Cn3cccc(C(=O)Nc4ccc(OC(F)(F)F)cc4)c3=O)ccn2)CC1.CN1CCNCC1.O=C(Nc1ccc(OC(F)(F)F)cc1)c1cccn(Cc2ccnc(Cl)c2)c1=O. The van der Waals surface area contributed by atoms with Crippen molar-refractivity contribution in [2.45, 2.75) is 25.8 Å². The number of likely N-dealkylation sites (N-methyl/N-ethyl adjacent to an activating group) is 2. The fraction of sp³-hybridized carbons (Fsp3) is 0.292. The van der Waals surface area contributed by atoms with Gasteiger partial charge in [-0.3, -0.25) is 19.2 Å². The number of halogens is 7. The number of pyridine rings is 4. The third kappa shape index (κ3) is 17.0. The molecule has 2 aliphatic heterocycles. The number of hydrogen-bond donors (Lipinski definition) is 3. The molecule has 16 nitrogen and oxygen atoms in total. The molecular formula is C48H49ClF6N10O6. The van der Waals surface area contributed by atoms with E-state index in [-0.39, 0.29) is 40.7 Å². The zero-order chi connectivity index (χ0) is 51.1. The number of nitrogens with one attached hydrogen (secondary N) is 3. The van der Waals surface area contributed by atoms with Crippen LogP contribution in [0.4, 0.5) is 43.5 Å². The molecule has 2 aliphatic rings. The lowest BCUT2D eigenvalue weighted by Crippen LogP contribution is -2.44. The average Bonchev–Trinajstić information content (AvgIpc) is 3.32. The van der Waals surface area contributed by atoms with E-state index in [1.54, 1.807) is 36.7 Å². The maximum Gasteiger partial charge on any atom is 0.573 e. The summed E-state index contributed by atoms with van der Waals surface area (Å²) in [6.45, 7) is 8.81. The molecule has 71 heavy (non-hydrogen) atoms. The van der Waals surface area contributed by atoms with E-state index in [1.165, 1.54) is 71.0 Å². The summed E-state index contributed by atoms with van der Waals surface area (Å²) >= 11 is 5.84. The third-order valence-electron chi connectivity index (χ3n) is 10.7. The number of carbonyl (C=O) groups excluding carboxylic acids is 2. The number of anilines is 3. The fourth-order valence-corrected chi connectivity index (χ4v) is 7.22. The first kappa shape index (κ1) is 53.1. The minimum atomic E-state index is -4.81. The van der Waals surface area contributed by atoms with Gasteiger partial charge < -0.3 is 49.3 Å². The molecule has 0 saturated carbocycles.